The van der Waals surface area contributed by atoms with Gasteiger partial charge in [0.15, 0.2) is 0 Å². The molecule has 8 heteroatoms. The summed E-state index contributed by atoms with van der Waals surface area (Å²) in [6.07, 6.45) is 1.86. The second-order valence-electron chi connectivity index (χ2n) is 6.65. The molecule has 0 amide bonds. The first-order chi connectivity index (χ1) is 13.5. The quantitative estimate of drug-likeness (QED) is 0.510. The highest BCUT2D eigenvalue weighted by molar-refractivity contribution is 7.99. The van der Waals surface area contributed by atoms with Crippen molar-refractivity contribution in [1.29, 1.82) is 0 Å². The number of aromatic nitrogens is 3. The van der Waals surface area contributed by atoms with Crippen LogP contribution in [0.3, 0.4) is 0 Å². The summed E-state index contributed by atoms with van der Waals surface area (Å²) in [6, 6.07) is 16.1. The van der Waals surface area contributed by atoms with Crippen molar-refractivity contribution in [3.8, 4) is 16.8 Å². The zero-order valence-electron chi connectivity index (χ0n) is 16.3. The number of benzene rings is 2. The van der Waals surface area contributed by atoms with E-state index in [9.17, 15) is 9.18 Å². The molecule has 0 saturated carbocycles. The monoisotopic (exact) mass is 450 g/mol. The summed E-state index contributed by atoms with van der Waals surface area (Å²) in [5, 5.41) is 4.60. The summed E-state index contributed by atoms with van der Waals surface area (Å²) < 4.78 is 15.4. The highest BCUT2D eigenvalue weighted by atomic mass is 35.5. The average Bonchev–Trinajstić information content (AvgIpc) is 3.06. The van der Waals surface area contributed by atoms with Gasteiger partial charge in [-0.2, -0.15) is 5.10 Å². The van der Waals surface area contributed by atoms with E-state index in [1.54, 1.807) is 0 Å². The van der Waals surface area contributed by atoms with Gasteiger partial charge in [0, 0.05) is 16.7 Å². The molecule has 3 aromatic rings. The molecule has 1 heterocycles. The molecule has 0 unspecified atom stereocenters. The van der Waals surface area contributed by atoms with Crippen molar-refractivity contribution >= 4 is 24.2 Å². The fourth-order valence-electron chi connectivity index (χ4n) is 2.79. The lowest BCUT2D eigenvalue weighted by molar-refractivity contribution is 0.612. The van der Waals surface area contributed by atoms with Crippen LogP contribution in [0.4, 0.5) is 4.39 Å². The van der Waals surface area contributed by atoms with E-state index in [4.69, 9.17) is 5.73 Å². The molecule has 0 aliphatic carbocycles. The van der Waals surface area contributed by atoms with Gasteiger partial charge in [0.25, 0.3) is 0 Å². The zero-order chi connectivity index (χ0) is 20.1. The van der Waals surface area contributed by atoms with Crippen LogP contribution in [0.1, 0.15) is 21.3 Å². The minimum atomic E-state index is -0.339. The largest absolute Gasteiger partial charge is 0.350 e. The van der Waals surface area contributed by atoms with Crippen molar-refractivity contribution < 1.29 is 4.39 Å². The van der Waals surface area contributed by atoms with Gasteiger partial charge in [0.1, 0.15) is 6.33 Å². The Morgan fingerprint density at radius 1 is 1.20 bits per heavy atom. The van der Waals surface area contributed by atoms with E-state index >= 15 is 0 Å². The molecule has 0 fully saturated rings. The predicted octanol–water partition coefficient (Wildman–Crippen LogP) is 5.07. The van der Waals surface area contributed by atoms with E-state index < -0.39 is 0 Å². The van der Waals surface area contributed by atoms with Crippen molar-refractivity contribution in [2.45, 2.75) is 38.0 Å². The Bertz CT molecular complexity index is 1030. The number of rotatable bonds is 7. The molecule has 0 saturated heterocycles. The summed E-state index contributed by atoms with van der Waals surface area (Å²) in [5.74, 6) is 0. The molecule has 0 spiro atoms. The molecule has 30 heavy (non-hydrogen) atoms. The lowest BCUT2D eigenvalue weighted by Crippen LogP contribution is -2.25. The second-order valence-corrected chi connectivity index (χ2v) is 8.30. The molecule has 2 aromatic carbocycles. The maximum absolute atomic E-state index is 12.8. The minimum Gasteiger partial charge on any atom is -0.327 e. The third-order valence-corrected chi connectivity index (χ3v) is 5.20. The smallest absolute Gasteiger partial charge is 0.327 e. The summed E-state index contributed by atoms with van der Waals surface area (Å²) in [4.78, 5) is 13.8. The number of halogens is 2. The van der Waals surface area contributed by atoms with Crippen LogP contribution in [0, 0.1) is 0 Å². The number of nitrogens with zero attached hydrogens (tertiary/aromatic N) is 3. The molecular weight excluding hydrogens is 423 g/mol. The molecule has 5 nitrogen and oxygen atoms in total. The van der Waals surface area contributed by atoms with Crippen LogP contribution in [0.2, 0.25) is 0 Å². The van der Waals surface area contributed by atoms with Crippen molar-refractivity contribution in [3.05, 3.63) is 77.2 Å². The maximum atomic E-state index is 12.8. The van der Waals surface area contributed by atoms with Crippen LogP contribution in [0.5, 0.6) is 0 Å². The van der Waals surface area contributed by atoms with Gasteiger partial charge in [0.2, 0.25) is 0 Å². The molecule has 0 aliphatic rings. The predicted molar refractivity (Wildman–Crippen MR) is 126 cm³/mol. The number of hydrogen-bond donors (Lipinski definition) is 1. The maximum Gasteiger partial charge on any atom is 0.350 e. The number of hydrogen-bond acceptors (Lipinski definition) is 4. The lowest BCUT2D eigenvalue weighted by atomic mass is 10.1. The zero-order valence-corrected chi connectivity index (χ0v) is 17.9. The van der Waals surface area contributed by atoms with Gasteiger partial charge in [-0.1, -0.05) is 45.5 Å². The van der Waals surface area contributed by atoms with Crippen LogP contribution in [0.15, 0.2) is 76.5 Å². The van der Waals surface area contributed by atoms with Gasteiger partial charge in [-0.15, -0.1) is 24.2 Å². The first-order valence-electron chi connectivity index (χ1n) is 9.02. The Kier molecular flexibility index (Phi) is 10.0. The molecule has 3 rings (SSSR count). The van der Waals surface area contributed by atoms with Crippen LogP contribution >= 0.6 is 24.2 Å². The Morgan fingerprint density at radius 3 is 2.50 bits per heavy atom. The molecule has 0 atom stereocenters. The van der Waals surface area contributed by atoms with E-state index in [0.717, 1.165) is 11.1 Å². The first-order valence-corrected chi connectivity index (χ1v) is 9.90. The Hall–Kier alpha value is -2.35. The molecule has 0 bridgehead atoms. The fourth-order valence-corrected chi connectivity index (χ4v) is 3.63. The molecule has 1 aromatic heterocycles. The average molecular weight is 451 g/mol. The van der Waals surface area contributed by atoms with E-state index in [1.807, 2.05) is 36.0 Å². The Balaban J connectivity index is 0.00000225. The van der Waals surface area contributed by atoms with Crippen molar-refractivity contribution in [3.63, 3.8) is 0 Å². The van der Waals surface area contributed by atoms with E-state index in [0.29, 0.717) is 22.8 Å². The van der Waals surface area contributed by atoms with Crippen LogP contribution in [0.25, 0.3) is 16.8 Å². The number of thioether (sulfide) groups is 1. The van der Waals surface area contributed by atoms with E-state index in [2.05, 4.69) is 43.2 Å². The summed E-state index contributed by atoms with van der Waals surface area (Å²) in [6.45, 7) is 4.41. The molecule has 2 N–H and O–H groups in total. The third kappa shape index (κ3) is 6.08. The van der Waals surface area contributed by atoms with Crippen LogP contribution < -0.4 is 11.4 Å². The topological polar surface area (TPSA) is 65.8 Å². The van der Waals surface area contributed by atoms with Gasteiger partial charge in [-0.3, -0.25) is 0 Å². The highest BCUT2D eigenvalue weighted by Crippen LogP contribution is 2.27. The van der Waals surface area contributed by atoms with Crippen LogP contribution in [-0.4, -0.2) is 26.1 Å². The Morgan fingerprint density at radius 2 is 1.90 bits per heavy atom. The molecular formula is C22H28ClFN4OS. The number of nitrogens with two attached hydrogens (primary N) is 1. The molecule has 0 aliphatic heterocycles. The SMILES string of the molecule is C.CC(C)Sc1ccc(-c2cccc(-n3cnn(C/C(=C/F)CN)c3=O)c2)cc1.Cl. The lowest BCUT2D eigenvalue weighted by Gasteiger charge is -2.08. The summed E-state index contributed by atoms with van der Waals surface area (Å²) >= 11 is 1.82. The van der Waals surface area contributed by atoms with E-state index in [-0.39, 0.29) is 38.6 Å². The van der Waals surface area contributed by atoms with Gasteiger partial charge < -0.3 is 5.73 Å². The van der Waals surface area contributed by atoms with E-state index in [1.165, 1.54) is 20.5 Å². The normalized spacial score (nSPS) is 11.2. The minimum absolute atomic E-state index is 0. The first kappa shape index (κ1) is 25.7. The molecule has 162 valence electrons. The summed E-state index contributed by atoms with van der Waals surface area (Å²) in [5.41, 5.74) is 8.20. The van der Waals surface area contributed by atoms with Crippen molar-refractivity contribution in [1.82, 2.24) is 14.3 Å². The third-order valence-electron chi connectivity index (χ3n) is 4.19. The van der Waals surface area contributed by atoms with Gasteiger partial charge in [-0.05, 0) is 41.0 Å². The fraction of sp³-hybridized carbons (Fsp3) is 0.273. The van der Waals surface area contributed by atoms with Gasteiger partial charge in [0.05, 0.1) is 18.6 Å². The second kappa shape index (κ2) is 11.7. The van der Waals surface area contributed by atoms with Crippen molar-refractivity contribution in [2.75, 3.05) is 6.54 Å². The standard InChI is InChI=1S/C21H23FN4OS.CH4.ClH/c1-15(2)28-20-8-6-17(7-9-20)18-4-3-5-19(10-18)25-14-24-26(21(25)27)13-16(11-22)12-23;;/h3-11,14-15H,12-13,23H2,1-2H3;1H4;1H/b16-11+;;. The van der Waals surface area contributed by atoms with Gasteiger partial charge >= 0.3 is 5.69 Å². The van der Waals surface area contributed by atoms with Crippen molar-refractivity contribution in [2.24, 2.45) is 5.73 Å². The highest BCUT2D eigenvalue weighted by Gasteiger charge is 2.10. The molecule has 0 radical (unpaired) electrons. The summed E-state index contributed by atoms with van der Waals surface area (Å²) in [7, 11) is 0. The Labute approximate surface area is 187 Å². The van der Waals surface area contributed by atoms with Crippen LogP contribution in [-0.2, 0) is 6.54 Å². The van der Waals surface area contributed by atoms with Gasteiger partial charge in [-0.25, -0.2) is 18.4 Å².